The molecule has 0 fully saturated rings. The van der Waals surface area contributed by atoms with Gasteiger partial charge >= 0.3 is 0 Å². The minimum atomic E-state index is 0.0933. The lowest BCUT2D eigenvalue weighted by Gasteiger charge is -2.15. The Labute approximate surface area is 112 Å². The molecular weight excluding hydrogens is 242 g/mol. The summed E-state index contributed by atoms with van der Waals surface area (Å²) >= 11 is 0. The normalized spacial score (nSPS) is 10.7. The number of nitrogens with two attached hydrogens (primary N) is 1. The minimum absolute atomic E-state index is 0.0933. The summed E-state index contributed by atoms with van der Waals surface area (Å²) in [4.78, 5) is 0. The predicted octanol–water partition coefficient (Wildman–Crippen LogP) is 2.96. The van der Waals surface area contributed by atoms with Gasteiger partial charge in [-0.05, 0) is 32.9 Å². The van der Waals surface area contributed by atoms with Crippen molar-refractivity contribution in [3.8, 4) is 5.75 Å². The van der Waals surface area contributed by atoms with Crippen LogP contribution in [0.3, 0.4) is 0 Å². The molecule has 5 heteroatoms. The molecule has 0 unspecified atom stereocenters. The summed E-state index contributed by atoms with van der Waals surface area (Å²) in [6.07, 6.45) is 0.0933. The minimum Gasteiger partial charge on any atom is -0.489 e. The monoisotopic (exact) mass is 261 g/mol. The van der Waals surface area contributed by atoms with Crippen molar-refractivity contribution >= 4 is 11.4 Å². The van der Waals surface area contributed by atoms with Crippen molar-refractivity contribution in [2.75, 3.05) is 11.1 Å². The van der Waals surface area contributed by atoms with Crippen molar-refractivity contribution in [3.63, 3.8) is 0 Å². The van der Waals surface area contributed by atoms with Crippen molar-refractivity contribution in [3.05, 3.63) is 35.7 Å². The molecule has 0 aliphatic carbocycles. The molecule has 1 aromatic carbocycles. The second-order valence-corrected chi connectivity index (χ2v) is 4.67. The van der Waals surface area contributed by atoms with E-state index >= 15 is 0 Å². The van der Waals surface area contributed by atoms with Gasteiger partial charge in [0.05, 0.1) is 24.0 Å². The molecule has 0 aliphatic heterocycles. The maximum atomic E-state index is 6.07. The molecule has 3 N–H and O–H groups in total. The highest BCUT2D eigenvalue weighted by atomic mass is 16.5. The smallest absolute Gasteiger partial charge is 0.144 e. The summed E-state index contributed by atoms with van der Waals surface area (Å²) in [7, 11) is 0. The third-order valence-electron chi connectivity index (χ3n) is 2.57. The molecule has 5 nitrogen and oxygen atoms in total. The van der Waals surface area contributed by atoms with E-state index < -0.39 is 0 Å². The molecule has 0 saturated carbocycles. The van der Waals surface area contributed by atoms with Crippen LogP contribution in [0.4, 0.5) is 11.4 Å². The number of rotatable bonds is 5. The van der Waals surface area contributed by atoms with E-state index in [0.717, 1.165) is 17.1 Å². The number of benzene rings is 1. The van der Waals surface area contributed by atoms with Crippen LogP contribution in [0.2, 0.25) is 0 Å². The fraction of sp³-hybridized carbons (Fsp3) is 0.357. The molecule has 0 aliphatic rings. The van der Waals surface area contributed by atoms with E-state index in [4.69, 9.17) is 15.0 Å². The van der Waals surface area contributed by atoms with Crippen LogP contribution in [0, 0.1) is 6.92 Å². The van der Waals surface area contributed by atoms with Crippen LogP contribution in [0.15, 0.2) is 28.8 Å². The summed E-state index contributed by atoms with van der Waals surface area (Å²) in [5.74, 6) is 1.48. The summed E-state index contributed by atoms with van der Waals surface area (Å²) in [6, 6.07) is 7.57. The van der Waals surface area contributed by atoms with Gasteiger partial charge in [-0.3, -0.25) is 0 Å². The fourth-order valence-electron chi connectivity index (χ4n) is 1.74. The van der Waals surface area contributed by atoms with E-state index in [0.29, 0.717) is 18.0 Å². The molecular formula is C14H19N3O2. The van der Waals surface area contributed by atoms with Gasteiger partial charge in [-0.1, -0.05) is 11.2 Å². The number of nitrogen functional groups attached to an aromatic ring is 1. The van der Waals surface area contributed by atoms with Crippen LogP contribution in [-0.4, -0.2) is 11.3 Å². The van der Waals surface area contributed by atoms with Crippen LogP contribution >= 0.6 is 0 Å². The highest BCUT2D eigenvalue weighted by Crippen LogP contribution is 2.30. The molecule has 0 saturated heterocycles. The highest BCUT2D eigenvalue weighted by molar-refractivity contribution is 5.72. The van der Waals surface area contributed by atoms with E-state index in [1.807, 2.05) is 45.0 Å². The van der Waals surface area contributed by atoms with Gasteiger partial charge in [-0.25, -0.2) is 0 Å². The number of hydrogen-bond donors (Lipinski definition) is 2. The Bertz CT molecular complexity index is 549. The zero-order valence-corrected chi connectivity index (χ0v) is 11.4. The number of ether oxygens (including phenoxy) is 1. The molecule has 2 aromatic rings. The van der Waals surface area contributed by atoms with Crippen LogP contribution in [0.5, 0.6) is 5.75 Å². The molecule has 0 amide bonds. The predicted molar refractivity (Wildman–Crippen MR) is 75.2 cm³/mol. The van der Waals surface area contributed by atoms with E-state index in [1.165, 1.54) is 0 Å². The number of anilines is 2. The fourth-order valence-corrected chi connectivity index (χ4v) is 1.74. The lowest BCUT2D eigenvalue weighted by molar-refractivity contribution is 0.244. The average Bonchev–Trinajstić information content (AvgIpc) is 2.76. The van der Waals surface area contributed by atoms with Crippen molar-refractivity contribution in [1.29, 1.82) is 0 Å². The Kier molecular flexibility index (Phi) is 3.94. The van der Waals surface area contributed by atoms with E-state index in [2.05, 4.69) is 10.5 Å². The number of aromatic nitrogens is 1. The molecule has 19 heavy (non-hydrogen) atoms. The first-order valence-corrected chi connectivity index (χ1v) is 6.27. The number of nitrogens with one attached hydrogen (secondary N) is 1. The van der Waals surface area contributed by atoms with Crippen molar-refractivity contribution in [1.82, 2.24) is 5.16 Å². The van der Waals surface area contributed by atoms with E-state index in [9.17, 15) is 0 Å². The number of nitrogens with zero attached hydrogens (tertiary/aromatic N) is 1. The average molecular weight is 261 g/mol. The second-order valence-electron chi connectivity index (χ2n) is 4.67. The Morgan fingerprint density at radius 1 is 1.42 bits per heavy atom. The van der Waals surface area contributed by atoms with Crippen molar-refractivity contribution in [2.45, 2.75) is 33.4 Å². The van der Waals surface area contributed by atoms with Crippen molar-refractivity contribution < 1.29 is 9.26 Å². The number of hydrogen-bond acceptors (Lipinski definition) is 5. The molecule has 0 spiro atoms. The summed E-state index contributed by atoms with van der Waals surface area (Å²) < 4.78 is 10.7. The molecule has 102 valence electrons. The summed E-state index contributed by atoms with van der Waals surface area (Å²) in [5, 5.41) is 7.15. The van der Waals surface area contributed by atoms with Gasteiger partial charge in [0.1, 0.15) is 17.2 Å². The highest BCUT2D eigenvalue weighted by Gasteiger charge is 2.08. The Morgan fingerprint density at radius 3 is 2.84 bits per heavy atom. The summed E-state index contributed by atoms with van der Waals surface area (Å²) in [5.41, 5.74) is 8.35. The zero-order chi connectivity index (χ0) is 13.8. The van der Waals surface area contributed by atoms with Crippen LogP contribution < -0.4 is 15.8 Å². The molecule has 1 aromatic heterocycles. The third kappa shape index (κ3) is 3.40. The topological polar surface area (TPSA) is 73.3 Å². The van der Waals surface area contributed by atoms with Gasteiger partial charge in [-0.2, -0.15) is 0 Å². The SMILES string of the molecule is Cc1cc(CNc2cccc(OC(C)C)c2N)no1. The summed E-state index contributed by atoms with van der Waals surface area (Å²) in [6.45, 7) is 6.37. The quantitative estimate of drug-likeness (QED) is 0.809. The standard InChI is InChI=1S/C14H19N3O2/c1-9(2)18-13-6-4-5-12(14(13)15)16-8-11-7-10(3)19-17-11/h4-7,9,16H,8,15H2,1-3H3. The molecule has 0 bridgehead atoms. The molecule has 2 rings (SSSR count). The van der Waals surface area contributed by atoms with Gasteiger partial charge in [0, 0.05) is 6.07 Å². The van der Waals surface area contributed by atoms with Crippen LogP contribution in [0.1, 0.15) is 25.3 Å². The van der Waals surface area contributed by atoms with Gasteiger partial charge in [0.2, 0.25) is 0 Å². The van der Waals surface area contributed by atoms with Crippen LogP contribution in [0.25, 0.3) is 0 Å². The van der Waals surface area contributed by atoms with Gasteiger partial charge < -0.3 is 20.3 Å². The number of para-hydroxylation sites is 1. The van der Waals surface area contributed by atoms with E-state index in [1.54, 1.807) is 0 Å². The van der Waals surface area contributed by atoms with Gasteiger partial charge in [0.25, 0.3) is 0 Å². The first-order chi connectivity index (χ1) is 9.06. The first-order valence-electron chi connectivity index (χ1n) is 6.27. The Morgan fingerprint density at radius 2 is 2.21 bits per heavy atom. The maximum Gasteiger partial charge on any atom is 0.144 e. The van der Waals surface area contributed by atoms with Gasteiger partial charge in [0.15, 0.2) is 0 Å². The van der Waals surface area contributed by atoms with E-state index in [-0.39, 0.29) is 6.10 Å². The second kappa shape index (κ2) is 5.65. The largest absolute Gasteiger partial charge is 0.489 e. The van der Waals surface area contributed by atoms with Crippen LogP contribution in [-0.2, 0) is 6.54 Å². The van der Waals surface area contributed by atoms with Crippen molar-refractivity contribution in [2.24, 2.45) is 0 Å². The molecule has 1 heterocycles. The lowest BCUT2D eigenvalue weighted by atomic mass is 10.2. The first kappa shape index (κ1) is 13.3. The zero-order valence-electron chi connectivity index (χ0n) is 11.4. The molecule has 0 radical (unpaired) electrons. The maximum absolute atomic E-state index is 6.07. The Balaban J connectivity index is 2.08. The lowest BCUT2D eigenvalue weighted by Crippen LogP contribution is -2.09. The third-order valence-corrected chi connectivity index (χ3v) is 2.57. The number of aryl methyl sites for hydroxylation is 1. The Hall–Kier alpha value is -2.17. The van der Waals surface area contributed by atoms with Gasteiger partial charge in [-0.15, -0.1) is 0 Å². The molecule has 0 atom stereocenters.